The number of nitrogens with one attached hydrogen (secondary N) is 1. The number of nitro benzene ring substituents is 1. The number of non-ortho nitro benzene ring substituents is 1. The molecule has 1 aromatic carbocycles. The summed E-state index contributed by atoms with van der Waals surface area (Å²) < 4.78 is 30.4. The summed E-state index contributed by atoms with van der Waals surface area (Å²) >= 11 is 0. The molecule has 0 aliphatic carbocycles. The van der Waals surface area contributed by atoms with E-state index in [9.17, 15) is 23.3 Å². The summed E-state index contributed by atoms with van der Waals surface area (Å²) in [6, 6.07) is 3.84. The zero-order valence-corrected chi connectivity index (χ0v) is 12.5. The van der Waals surface area contributed by atoms with Crippen LogP contribution in [0.1, 0.15) is 18.4 Å². The highest BCUT2D eigenvalue weighted by atomic mass is 32.2. The summed E-state index contributed by atoms with van der Waals surface area (Å²) in [7, 11) is -2.39. The first-order valence-electron chi connectivity index (χ1n) is 6.07. The van der Waals surface area contributed by atoms with Gasteiger partial charge in [0.05, 0.1) is 23.5 Å². The fraction of sp³-hybridized carbons (Fsp3) is 0.417. The van der Waals surface area contributed by atoms with E-state index in [0.717, 1.165) is 0 Å². The Morgan fingerprint density at radius 1 is 1.43 bits per heavy atom. The number of nitro groups is 1. The second kappa shape index (κ2) is 7.02. The molecule has 0 aromatic heterocycles. The van der Waals surface area contributed by atoms with Gasteiger partial charge in [0.1, 0.15) is 0 Å². The van der Waals surface area contributed by atoms with Crippen LogP contribution in [0.4, 0.5) is 11.4 Å². The van der Waals surface area contributed by atoms with Crippen molar-refractivity contribution in [1.82, 2.24) is 0 Å². The summed E-state index contributed by atoms with van der Waals surface area (Å²) in [6.45, 7) is 1.57. The minimum atomic E-state index is -3.62. The summed E-state index contributed by atoms with van der Waals surface area (Å²) in [4.78, 5) is 21.0. The molecular weight excluding hydrogens is 300 g/mol. The average Bonchev–Trinajstić information content (AvgIpc) is 2.40. The number of nitrogens with zero attached hydrogens (tertiary/aromatic N) is 1. The molecule has 0 radical (unpaired) electrons. The quantitative estimate of drug-likeness (QED) is 0.464. The summed E-state index contributed by atoms with van der Waals surface area (Å²) in [6.07, 6.45) is 0.144. The second-order valence-electron chi connectivity index (χ2n) is 4.36. The number of hydrogen-bond donors (Lipinski definition) is 1. The molecule has 21 heavy (non-hydrogen) atoms. The van der Waals surface area contributed by atoms with Crippen molar-refractivity contribution >= 4 is 27.4 Å². The van der Waals surface area contributed by atoms with Crippen molar-refractivity contribution < 1.29 is 22.9 Å². The number of aryl methyl sites for hydroxylation is 1. The maximum atomic E-state index is 11.8. The molecule has 0 spiro atoms. The van der Waals surface area contributed by atoms with E-state index in [2.05, 4.69) is 9.46 Å². The number of anilines is 1. The maximum Gasteiger partial charge on any atom is 0.305 e. The molecule has 0 heterocycles. The van der Waals surface area contributed by atoms with Crippen LogP contribution in [-0.4, -0.2) is 32.2 Å². The minimum Gasteiger partial charge on any atom is -0.469 e. The average molecular weight is 316 g/mol. The highest BCUT2D eigenvalue weighted by molar-refractivity contribution is 7.92. The Balaban J connectivity index is 2.71. The molecule has 8 nitrogen and oxygen atoms in total. The van der Waals surface area contributed by atoms with Crippen molar-refractivity contribution in [3.63, 3.8) is 0 Å². The van der Waals surface area contributed by atoms with Crippen LogP contribution < -0.4 is 4.72 Å². The van der Waals surface area contributed by atoms with Crippen molar-refractivity contribution in [3.8, 4) is 0 Å². The third-order valence-electron chi connectivity index (χ3n) is 2.71. The van der Waals surface area contributed by atoms with Crippen molar-refractivity contribution in [2.75, 3.05) is 17.6 Å². The van der Waals surface area contributed by atoms with E-state index >= 15 is 0 Å². The van der Waals surface area contributed by atoms with Crippen molar-refractivity contribution in [2.45, 2.75) is 19.8 Å². The van der Waals surface area contributed by atoms with E-state index in [1.807, 2.05) is 0 Å². The van der Waals surface area contributed by atoms with Crippen LogP contribution in [0.5, 0.6) is 0 Å². The van der Waals surface area contributed by atoms with Crippen molar-refractivity contribution in [1.29, 1.82) is 0 Å². The van der Waals surface area contributed by atoms with Crippen LogP contribution in [0.2, 0.25) is 0 Å². The number of carbonyl (C=O) groups is 1. The topological polar surface area (TPSA) is 116 Å². The molecule has 0 amide bonds. The van der Waals surface area contributed by atoms with E-state index in [1.54, 1.807) is 6.92 Å². The lowest BCUT2D eigenvalue weighted by molar-refractivity contribution is -0.384. The zero-order chi connectivity index (χ0) is 16.0. The van der Waals surface area contributed by atoms with Gasteiger partial charge in [-0.1, -0.05) is 0 Å². The van der Waals surface area contributed by atoms with E-state index < -0.39 is 20.9 Å². The number of sulfonamides is 1. The number of esters is 1. The molecule has 1 N–H and O–H groups in total. The fourth-order valence-corrected chi connectivity index (χ4v) is 2.79. The molecule has 0 aliphatic rings. The van der Waals surface area contributed by atoms with Crippen LogP contribution >= 0.6 is 0 Å². The largest absolute Gasteiger partial charge is 0.469 e. The van der Waals surface area contributed by atoms with E-state index in [0.29, 0.717) is 5.56 Å². The first kappa shape index (κ1) is 16.9. The first-order chi connectivity index (χ1) is 9.75. The highest BCUT2D eigenvalue weighted by Gasteiger charge is 2.15. The smallest absolute Gasteiger partial charge is 0.305 e. The zero-order valence-electron chi connectivity index (χ0n) is 11.7. The van der Waals surface area contributed by atoms with Gasteiger partial charge in [-0.15, -0.1) is 0 Å². The van der Waals surface area contributed by atoms with Gasteiger partial charge in [-0.2, -0.15) is 0 Å². The van der Waals surface area contributed by atoms with Gasteiger partial charge < -0.3 is 4.74 Å². The maximum absolute atomic E-state index is 11.8. The molecule has 0 aliphatic heterocycles. The van der Waals surface area contributed by atoms with Gasteiger partial charge in [0.15, 0.2) is 0 Å². The van der Waals surface area contributed by atoms with Gasteiger partial charge >= 0.3 is 5.97 Å². The second-order valence-corrected chi connectivity index (χ2v) is 6.20. The van der Waals surface area contributed by atoms with Crippen molar-refractivity contribution in [3.05, 3.63) is 33.9 Å². The Bertz CT molecular complexity index is 641. The molecule has 0 bridgehead atoms. The number of rotatable bonds is 7. The lowest BCUT2D eigenvalue weighted by Crippen LogP contribution is -2.18. The SMILES string of the molecule is COC(=O)CCCS(=O)(=O)Nc1ccc([N+](=O)[O-])cc1C. The number of ether oxygens (including phenoxy) is 1. The number of hydrogen-bond acceptors (Lipinski definition) is 6. The third kappa shape index (κ3) is 5.38. The highest BCUT2D eigenvalue weighted by Crippen LogP contribution is 2.22. The number of benzene rings is 1. The molecule has 116 valence electrons. The van der Waals surface area contributed by atoms with Crippen LogP contribution in [0.25, 0.3) is 0 Å². The van der Waals surface area contributed by atoms with Gasteiger partial charge in [0, 0.05) is 18.6 Å². The predicted molar refractivity (Wildman–Crippen MR) is 76.5 cm³/mol. The lowest BCUT2D eigenvalue weighted by atomic mass is 10.2. The van der Waals surface area contributed by atoms with Gasteiger partial charge in [0.25, 0.3) is 5.69 Å². The molecule has 9 heteroatoms. The van der Waals surface area contributed by atoms with Crippen LogP contribution in [0.15, 0.2) is 18.2 Å². The number of carbonyl (C=O) groups excluding carboxylic acids is 1. The Hall–Kier alpha value is -2.16. The Kier molecular flexibility index (Phi) is 5.65. The predicted octanol–water partition coefficient (Wildman–Crippen LogP) is 1.60. The van der Waals surface area contributed by atoms with Gasteiger partial charge in [-0.3, -0.25) is 19.6 Å². The number of methoxy groups -OCH3 is 1. The summed E-state index contributed by atoms with van der Waals surface area (Å²) in [5.41, 5.74) is 0.612. The normalized spacial score (nSPS) is 11.0. The van der Waals surface area contributed by atoms with E-state index in [1.165, 1.54) is 25.3 Å². The molecule has 0 atom stereocenters. The molecule has 0 unspecified atom stereocenters. The van der Waals surface area contributed by atoms with Gasteiger partial charge in [-0.05, 0) is 25.0 Å². The Morgan fingerprint density at radius 3 is 2.62 bits per heavy atom. The molecular formula is C12H16N2O6S. The van der Waals surface area contributed by atoms with Crippen LogP contribution in [0.3, 0.4) is 0 Å². The van der Waals surface area contributed by atoms with Crippen molar-refractivity contribution in [2.24, 2.45) is 0 Å². The molecule has 1 aromatic rings. The monoisotopic (exact) mass is 316 g/mol. The van der Waals surface area contributed by atoms with E-state index in [-0.39, 0.29) is 30.0 Å². The van der Waals surface area contributed by atoms with Crippen LogP contribution in [-0.2, 0) is 19.6 Å². The van der Waals surface area contributed by atoms with E-state index in [4.69, 9.17) is 0 Å². The fourth-order valence-electron chi connectivity index (χ4n) is 1.60. The molecule has 1 rings (SSSR count). The molecule has 0 saturated heterocycles. The standard InChI is InChI=1S/C12H16N2O6S/c1-9-8-10(14(16)17)5-6-11(9)13-21(18,19)7-3-4-12(15)20-2/h5-6,8,13H,3-4,7H2,1-2H3. The molecule has 0 saturated carbocycles. The van der Waals surface area contributed by atoms with Gasteiger partial charge in [0.2, 0.25) is 10.0 Å². The molecule has 0 fully saturated rings. The minimum absolute atomic E-state index is 0.0106. The third-order valence-corrected chi connectivity index (χ3v) is 4.06. The van der Waals surface area contributed by atoms with Crippen LogP contribution in [0, 0.1) is 17.0 Å². The summed E-state index contributed by atoms with van der Waals surface area (Å²) in [5, 5.41) is 10.6. The first-order valence-corrected chi connectivity index (χ1v) is 7.73. The summed E-state index contributed by atoms with van der Waals surface area (Å²) in [5.74, 6) is -0.713. The lowest BCUT2D eigenvalue weighted by Gasteiger charge is -2.10. The van der Waals surface area contributed by atoms with Gasteiger partial charge in [-0.25, -0.2) is 8.42 Å². The Labute approximate surface area is 122 Å². The Morgan fingerprint density at radius 2 is 2.10 bits per heavy atom.